The Kier molecular flexibility index (Phi) is 10.6. The SMILES string of the molecule is CCCC(=O)CCCC(C)CCCC(C)CC. The molecule has 0 fully saturated rings. The highest BCUT2D eigenvalue weighted by molar-refractivity contribution is 5.78. The Morgan fingerprint density at radius 1 is 0.882 bits per heavy atom. The van der Waals surface area contributed by atoms with Gasteiger partial charge in [-0.1, -0.05) is 59.8 Å². The first kappa shape index (κ1) is 16.7. The van der Waals surface area contributed by atoms with Gasteiger partial charge in [-0.15, -0.1) is 0 Å². The summed E-state index contributed by atoms with van der Waals surface area (Å²) < 4.78 is 0. The highest BCUT2D eigenvalue weighted by atomic mass is 16.1. The first-order valence-corrected chi connectivity index (χ1v) is 7.61. The number of rotatable bonds is 11. The third-order valence-corrected chi connectivity index (χ3v) is 3.77. The molecule has 0 aliphatic heterocycles. The standard InChI is InChI=1S/C16H32O/c1-5-9-16(17)13-8-12-15(4)11-7-10-14(3)6-2/h14-15H,5-13H2,1-4H3. The van der Waals surface area contributed by atoms with Crippen molar-refractivity contribution in [2.24, 2.45) is 11.8 Å². The molecule has 0 aliphatic carbocycles. The highest BCUT2D eigenvalue weighted by Crippen LogP contribution is 2.19. The Labute approximate surface area is 108 Å². The van der Waals surface area contributed by atoms with Crippen LogP contribution in [0.1, 0.15) is 85.5 Å². The molecule has 0 spiro atoms. The molecule has 1 heteroatoms. The lowest BCUT2D eigenvalue weighted by Crippen LogP contribution is -2.01. The predicted molar refractivity (Wildman–Crippen MR) is 76.2 cm³/mol. The van der Waals surface area contributed by atoms with E-state index < -0.39 is 0 Å². The largest absolute Gasteiger partial charge is 0.300 e. The second kappa shape index (κ2) is 10.8. The van der Waals surface area contributed by atoms with Gasteiger partial charge in [-0.25, -0.2) is 0 Å². The Morgan fingerprint density at radius 2 is 1.47 bits per heavy atom. The predicted octanol–water partition coefficient (Wildman–Crippen LogP) is 5.38. The number of carbonyl (C=O) groups excluding carboxylic acids is 1. The molecule has 0 saturated heterocycles. The monoisotopic (exact) mass is 240 g/mol. The topological polar surface area (TPSA) is 17.1 Å². The van der Waals surface area contributed by atoms with Crippen molar-refractivity contribution >= 4 is 5.78 Å². The van der Waals surface area contributed by atoms with Crippen LogP contribution in [0.5, 0.6) is 0 Å². The molecule has 0 aromatic rings. The van der Waals surface area contributed by atoms with Gasteiger partial charge in [-0.3, -0.25) is 4.79 Å². The smallest absolute Gasteiger partial charge is 0.132 e. The van der Waals surface area contributed by atoms with E-state index in [-0.39, 0.29) is 0 Å². The van der Waals surface area contributed by atoms with Crippen LogP contribution in [0.15, 0.2) is 0 Å². The van der Waals surface area contributed by atoms with Gasteiger partial charge in [0.25, 0.3) is 0 Å². The van der Waals surface area contributed by atoms with E-state index in [1.165, 1.54) is 32.1 Å². The van der Waals surface area contributed by atoms with E-state index in [4.69, 9.17) is 0 Å². The zero-order chi connectivity index (χ0) is 13.1. The van der Waals surface area contributed by atoms with Gasteiger partial charge in [0, 0.05) is 12.8 Å². The zero-order valence-corrected chi connectivity index (χ0v) is 12.4. The van der Waals surface area contributed by atoms with Gasteiger partial charge in [-0.2, -0.15) is 0 Å². The minimum Gasteiger partial charge on any atom is -0.300 e. The molecule has 2 unspecified atom stereocenters. The zero-order valence-electron chi connectivity index (χ0n) is 12.4. The molecule has 0 amide bonds. The summed E-state index contributed by atoms with van der Waals surface area (Å²) in [5.41, 5.74) is 0. The summed E-state index contributed by atoms with van der Waals surface area (Å²) in [7, 11) is 0. The Hall–Kier alpha value is -0.330. The summed E-state index contributed by atoms with van der Waals surface area (Å²) in [6.45, 7) is 9.03. The van der Waals surface area contributed by atoms with E-state index in [0.717, 1.165) is 37.5 Å². The molecule has 0 rings (SSSR count). The molecular formula is C16H32O. The van der Waals surface area contributed by atoms with Gasteiger partial charge in [0.05, 0.1) is 0 Å². The van der Waals surface area contributed by atoms with Crippen LogP contribution in [-0.2, 0) is 4.79 Å². The van der Waals surface area contributed by atoms with E-state index in [1.54, 1.807) is 0 Å². The fourth-order valence-electron chi connectivity index (χ4n) is 2.21. The molecule has 0 saturated carbocycles. The van der Waals surface area contributed by atoms with Crippen molar-refractivity contribution in [1.29, 1.82) is 0 Å². The van der Waals surface area contributed by atoms with Crippen LogP contribution in [0, 0.1) is 11.8 Å². The average Bonchev–Trinajstić information content (AvgIpc) is 2.29. The first-order valence-electron chi connectivity index (χ1n) is 7.61. The fraction of sp³-hybridized carbons (Fsp3) is 0.938. The third kappa shape index (κ3) is 10.5. The second-order valence-corrected chi connectivity index (χ2v) is 5.73. The lowest BCUT2D eigenvalue weighted by molar-refractivity contribution is -0.119. The maximum atomic E-state index is 11.4. The van der Waals surface area contributed by atoms with Crippen molar-refractivity contribution in [2.45, 2.75) is 85.5 Å². The molecule has 0 aromatic heterocycles. The van der Waals surface area contributed by atoms with E-state index in [1.807, 2.05) is 0 Å². The molecule has 102 valence electrons. The Morgan fingerprint density at radius 3 is 2.06 bits per heavy atom. The Bertz CT molecular complexity index is 186. The maximum Gasteiger partial charge on any atom is 0.132 e. The van der Waals surface area contributed by atoms with E-state index >= 15 is 0 Å². The molecule has 0 N–H and O–H groups in total. The van der Waals surface area contributed by atoms with Gasteiger partial charge >= 0.3 is 0 Å². The van der Waals surface area contributed by atoms with Gasteiger partial charge < -0.3 is 0 Å². The van der Waals surface area contributed by atoms with Crippen molar-refractivity contribution in [2.75, 3.05) is 0 Å². The molecule has 0 radical (unpaired) electrons. The van der Waals surface area contributed by atoms with E-state index in [0.29, 0.717) is 5.78 Å². The van der Waals surface area contributed by atoms with E-state index in [2.05, 4.69) is 27.7 Å². The molecule has 2 atom stereocenters. The summed E-state index contributed by atoms with van der Waals surface area (Å²) in [5.74, 6) is 2.14. The lowest BCUT2D eigenvalue weighted by Gasteiger charge is -2.13. The minimum atomic E-state index is 0.458. The normalized spacial score (nSPS) is 14.6. The van der Waals surface area contributed by atoms with Crippen LogP contribution in [-0.4, -0.2) is 5.78 Å². The molecule has 0 heterocycles. The molecule has 0 aliphatic rings. The molecule has 1 nitrogen and oxygen atoms in total. The van der Waals surface area contributed by atoms with Crippen LogP contribution in [0.2, 0.25) is 0 Å². The number of carbonyl (C=O) groups is 1. The van der Waals surface area contributed by atoms with Gasteiger partial charge in [0.2, 0.25) is 0 Å². The summed E-state index contributed by atoms with van der Waals surface area (Å²) in [5, 5.41) is 0. The summed E-state index contributed by atoms with van der Waals surface area (Å²) in [6, 6.07) is 0. The van der Waals surface area contributed by atoms with Crippen LogP contribution >= 0.6 is 0 Å². The van der Waals surface area contributed by atoms with E-state index in [9.17, 15) is 4.79 Å². The molecular weight excluding hydrogens is 208 g/mol. The Balaban J connectivity index is 3.40. The number of hydrogen-bond donors (Lipinski definition) is 0. The van der Waals surface area contributed by atoms with Crippen molar-refractivity contribution in [1.82, 2.24) is 0 Å². The third-order valence-electron chi connectivity index (χ3n) is 3.77. The summed E-state index contributed by atoms with van der Waals surface area (Å²) in [4.78, 5) is 11.4. The number of Topliss-reactive ketones (excluding diaryl/α,β-unsaturated/α-hetero) is 1. The summed E-state index contributed by atoms with van der Waals surface area (Å²) >= 11 is 0. The highest BCUT2D eigenvalue weighted by Gasteiger charge is 2.06. The van der Waals surface area contributed by atoms with Crippen molar-refractivity contribution < 1.29 is 4.79 Å². The first-order chi connectivity index (χ1) is 8.10. The fourth-order valence-corrected chi connectivity index (χ4v) is 2.21. The van der Waals surface area contributed by atoms with Crippen molar-refractivity contribution in [3.05, 3.63) is 0 Å². The number of hydrogen-bond acceptors (Lipinski definition) is 1. The number of ketones is 1. The maximum absolute atomic E-state index is 11.4. The molecule has 0 aromatic carbocycles. The average molecular weight is 240 g/mol. The molecule has 0 bridgehead atoms. The van der Waals surface area contributed by atoms with Crippen LogP contribution in [0.4, 0.5) is 0 Å². The van der Waals surface area contributed by atoms with Crippen LogP contribution in [0.25, 0.3) is 0 Å². The van der Waals surface area contributed by atoms with Gasteiger partial charge in [0.15, 0.2) is 0 Å². The lowest BCUT2D eigenvalue weighted by atomic mass is 9.93. The van der Waals surface area contributed by atoms with Crippen LogP contribution < -0.4 is 0 Å². The quantitative estimate of drug-likeness (QED) is 0.474. The van der Waals surface area contributed by atoms with Crippen molar-refractivity contribution in [3.8, 4) is 0 Å². The second-order valence-electron chi connectivity index (χ2n) is 5.73. The molecule has 17 heavy (non-hydrogen) atoms. The van der Waals surface area contributed by atoms with Crippen molar-refractivity contribution in [3.63, 3.8) is 0 Å². The summed E-state index contributed by atoms with van der Waals surface area (Å²) in [6.07, 6.45) is 10.3. The van der Waals surface area contributed by atoms with Gasteiger partial charge in [-0.05, 0) is 24.7 Å². The van der Waals surface area contributed by atoms with Crippen LogP contribution in [0.3, 0.4) is 0 Å². The minimum absolute atomic E-state index is 0.458. The van der Waals surface area contributed by atoms with Gasteiger partial charge in [0.1, 0.15) is 5.78 Å².